The second-order valence-electron chi connectivity index (χ2n) is 6.97. The van der Waals surface area contributed by atoms with Gasteiger partial charge < -0.3 is 5.32 Å². The first-order valence-corrected chi connectivity index (χ1v) is 9.32. The SMILES string of the molecule is CCCc1ncc(CN=CC2=C(C(=O)C3CCC3)NC=CC2)cc1C. The van der Waals surface area contributed by atoms with Crippen LogP contribution in [0.3, 0.4) is 0 Å². The molecule has 1 aliphatic heterocycles. The molecule has 1 N–H and O–H groups in total. The molecule has 0 amide bonds. The molecule has 132 valence electrons. The predicted molar refractivity (Wildman–Crippen MR) is 101 cm³/mol. The molecule has 3 rings (SSSR count). The molecule has 1 saturated carbocycles. The van der Waals surface area contributed by atoms with Crippen LogP contribution >= 0.6 is 0 Å². The molecule has 1 aromatic heterocycles. The number of carbonyl (C=O) groups is 1. The summed E-state index contributed by atoms with van der Waals surface area (Å²) >= 11 is 0. The Kier molecular flexibility index (Phi) is 5.79. The lowest BCUT2D eigenvalue weighted by Crippen LogP contribution is -2.30. The number of dihydropyridines is 1. The third kappa shape index (κ3) is 4.25. The maximum atomic E-state index is 12.5. The van der Waals surface area contributed by atoms with Crippen molar-refractivity contribution < 1.29 is 4.79 Å². The quantitative estimate of drug-likeness (QED) is 0.764. The Labute approximate surface area is 150 Å². The van der Waals surface area contributed by atoms with Crippen LogP contribution in [0.25, 0.3) is 0 Å². The van der Waals surface area contributed by atoms with E-state index < -0.39 is 0 Å². The molecule has 0 aromatic carbocycles. The summed E-state index contributed by atoms with van der Waals surface area (Å²) in [5, 5.41) is 3.14. The average Bonchev–Trinajstić information content (AvgIpc) is 2.56. The highest BCUT2D eigenvalue weighted by Crippen LogP contribution is 2.30. The van der Waals surface area contributed by atoms with Crippen molar-refractivity contribution in [2.24, 2.45) is 10.9 Å². The van der Waals surface area contributed by atoms with E-state index in [1.165, 1.54) is 17.7 Å². The number of hydrogen-bond donors (Lipinski definition) is 1. The van der Waals surface area contributed by atoms with E-state index >= 15 is 0 Å². The summed E-state index contributed by atoms with van der Waals surface area (Å²) in [4.78, 5) is 21.7. The molecular formula is C21H27N3O. The van der Waals surface area contributed by atoms with Gasteiger partial charge in [-0.1, -0.05) is 31.9 Å². The molecule has 25 heavy (non-hydrogen) atoms. The summed E-state index contributed by atoms with van der Waals surface area (Å²) in [6.45, 7) is 4.87. The number of aliphatic imine (C=N–C) groups is 1. The first-order chi connectivity index (χ1) is 12.2. The van der Waals surface area contributed by atoms with Crippen LogP contribution < -0.4 is 5.32 Å². The van der Waals surface area contributed by atoms with E-state index in [1.807, 2.05) is 24.7 Å². The van der Waals surface area contributed by atoms with E-state index in [9.17, 15) is 4.79 Å². The molecule has 0 radical (unpaired) electrons. The molecule has 2 heterocycles. The fraction of sp³-hybridized carbons (Fsp3) is 0.476. The van der Waals surface area contributed by atoms with Crippen molar-refractivity contribution in [2.75, 3.05) is 0 Å². The second-order valence-corrected chi connectivity index (χ2v) is 6.97. The Morgan fingerprint density at radius 2 is 2.28 bits per heavy atom. The summed E-state index contributed by atoms with van der Waals surface area (Å²) in [5.74, 6) is 0.453. The van der Waals surface area contributed by atoms with Crippen LogP contribution in [0.1, 0.15) is 55.8 Å². The van der Waals surface area contributed by atoms with Gasteiger partial charge in [0.15, 0.2) is 5.78 Å². The Hall–Kier alpha value is -2.23. The van der Waals surface area contributed by atoms with Gasteiger partial charge in [0.05, 0.1) is 12.2 Å². The molecule has 1 aliphatic carbocycles. The average molecular weight is 337 g/mol. The molecule has 1 fully saturated rings. The Balaban J connectivity index is 1.68. The first kappa shape index (κ1) is 17.6. The Bertz CT molecular complexity index is 727. The number of hydrogen-bond acceptors (Lipinski definition) is 4. The molecule has 0 unspecified atom stereocenters. The number of allylic oxidation sites excluding steroid dienone is 3. The van der Waals surface area contributed by atoms with E-state index in [2.05, 4.69) is 35.2 Å². The van der Waals surface area contributed by atoms with E-state index in [4.69, 9.17) is 0 Å². The fourth-order valence-electron chi connectivity index (χ4n) is 3.25. The van der Waals surface area contributed by atoms with E-state index in [0.29, 0.717) is 6.54 Å². The third-order valence-electron chi connectivity index (χ3n) is 4.98. The first-order valence-electron chi connectivity index (χ1n) is 9.32. The summed E-state index contributed by atoms with van der Waals surface area (Å²) in [5.41, 5.74) is 5.25. The minimum atomic E-state index is 0.204. The van der Waals surface area contributed by atoms with Gasteiger partial charge >= 0.3 is 0 Å². The largest absolute Gasteiger partial charge is 0.359 e. The summed E-state index contributed by atoms with van der Waals surface area (Å²) in [6, 6.07) is 2.17. The Morgan fingerprint density at radius 3 is 2.96 bits per heavy atom. The van der Waals surface area contributed by atoms with Crippen LogP contribution in [0.2, 0.25) is 0 Å². The van der Waals surface area contributed by atoms with Gasteiger partial charge in [-0.15, -0.1) is 0 Å². The number of aromatic nitrogens is 1. The topological polar surface area (TPSA) is 54.4 Å². The monoisotopic (exact) mass is 337 g/mol. The zero-order chi connectivity index (χ0) is 17.6. The van der Waals surface area contributed by atoms with Crippen LogP contribution in [0.4, 0.5) is 0 Å². The van der Waals surface area contributed by atoms with Crippen molar-refractivity contribution in [1.29, 1.82) is 0 Å². The van der Waals surface area contributed by atoms with Gasteiger partial charge in [0.2, 0.25) is 0 Å². The van der Waals surface area contributed by atoms with E-state index in [1.54, 1.807) is 0 Å². The zero-order valence-electron chi connectivity index (χ0n) is 15.2. The van der Waals surface area contributed by atoms with Crippen molar-refractivity contribution in [2.45, 2.75) is 58.9 Å². The summed E-state index contributed by atoms with van der Waals surface area (Å²) < 4.78 is 0. The Morgan fingerprint density at radius 1 is 1.44 bits per heavy atom. The van der Waals surface area contributed by atoms with Gasteiger partial charge in [-0.05, 0) is 49.9 Å². The van der Waals surface area contributed by atoms with E-state index in [0.717, 1.165) is 48.9 Å². The molecule has 0 atom stereocenters. The van der Waals surface area contributed by atoms with Crippen LogP contribution in [0, 0.1) is 12.8 Å². The van der Waals surface area contributed by atoms with Crippen LogP contribution in [-0.2, 0) is 17.8 Å². The summed E-state index contributed by atoms with van der Waals surface area (Å²) in [7, 11) is 0. The van der Waals surface area contributed by atoms with Gasteiger partial charge in [-0.25, -0.2) is 0 Å². The van der Waals surface area contributed by atoms with Gasteiger partial charge in [-0.3, -0.25) is 14.8 Å². The maximum Gasteiger partial charge on any atom is 0.182 e. The molecule has 0 spiro atoms. The molecular weight excluding hydrogens is 310 g/mol. The highest BCUT2D eigenvalue weighted by atomic mass is 16.1. The standard InChI is InChI=1S/C21H27N3O/c1-3-6-19-15(2)11-16(13-24-19)12-22-14-18-9-5-10-23-20(18)21(25)17-7-4-8-17/h5,10-11,13-14,17,23H,3-4,6-9,12H2,1-2H3. The number of Topliss-reactive ketones (excluding diaryl/α,β-unsaturated/α-hetero) is 1. The second kappa shape index (κ2) is 8.24. The zero-order valence-corrected chi connectivity index (χ0v) is 15.2. The third-order valence-corrected chi connectivity index (χ3v) is 4.98. The van der Waals surface area contributed by atoms with Crippen molar-refractivity contribution >= 4 is 12.0 Å². The lowest BCUT2D eigenvalue weighted by Gasteiger charge is -2.26. The minimum Gasteiger partial charge on any atom is -0.359 e. The van der Waals surface area contributed by atoms with Crippen molar-refractivity contribution in [1.82, 2.24) is 10.3 Å². The molecule has 0 bridgehead atoms. The maximum absolute atomic E-state index is 12.5. The number of aryl methyl sites for hydroxylation is 2. The summed E-state index contributed by atoms with van der Waals surface area (Å²) in [6.07, 6.45) is 13.8. The molecule has 4 heteroatoms. The number of nitrogens with zero attached hydrogens (tertiary/aromatic N) is 2. The van der Waals surface area contributed by atoms with Crippen molar-refractivity contribution in [3.63, 3.8) is 0 Å². The van der Waals surface area contributed by atoms with Crippen LogP contribution in [0.5, 0.6) is 0 Å². The molecule has 2 aliphatic rings. The molecule has 4 nitrogen and oxygen atoms in total. The number of pyridine rings is 1. The number of carbonyl (C=O) groups excluding carboxylic acids is 1. The normalized spacial score (nSPS) is 17.7. The van der Waals surface area contributed by atoms with Gasteiger partial charge in [-0.2, -0.15) is 0 Å². The van der Waals surface area contributed by atoms with Gasteiger partial charge in [0.25, 0.3) is 0 Å². The van der Waals surface area contributed by atoms with E-state index in [-0.39, 0.29) is 11.7 Å². The number of rotatable bonds is 7. The molecule has 1 aromatic rings. The number of ketones is 1. The van der Waals surface area contributed by atoms with Crippen LogP contribution in [-0.4, -0.2) is 17.0 Å². The highest BCUT2D eigenvalue weighted by molar-refractivity contribution is 6.02. The predicted octanol–water partition coefficient (Wildman–Crippen LogP) is 4.04. The minimum absolute atomic E-state index is 0.204. The number of nitrogens with one attached hydrogen (secondary N) is 1. The van der Waals surface area contributed by atoms with Crippen molar-refractivity contribution in [3.05, 3.63) is 52.6 Å². The van der Waals surface area contributed by atoms with Gasteiger partial charge in [0.1, 0.15) is 0 Å². The molecule has 0 saturated heterocycles. The highest BCUT2D eigenvalue weighted by Gasteiger charge is 2.29. The van der Waals surface area contributed by atoms with Crippen LogP contribution in [0.15, 0.2) is 40.8 Å². The lowest BCUT2D eigenvalue weighted by molar-refractivity contribution is -0.121. The van der Waals surface area contributed by atoms with Crippen molar-refractivity contribution in [3.8, 4) is 0 Å². The fourth-order valence-corrected chi connectivity index (χ4v) is 3.25. The smallest absolute Gasteiger partial charge is 0.182 e. The van der Waals surface area contributed by atoms with Gasteiger partial charge in [0, 0.05) is 29.6 Å². The lowest BCUT2D eigenvalue weighted by atomic mass is 9.80.